The molecule has 1 unspecified atom stereocenters. The molecular weight excluding hydrogens is 408 g/mol. The van der Waals surface area contributed by atoms with E-state index in [1.54, 1.807) is 0 Å². The summed E-state index contributed by atoms with van der Waals surface area (Å²) in [7, 11) is 1.51. The number of benzene rings is 1. The van der Waals surface area contributed by atoms with Gasteiger partial charge in [0.1, 0.15) is 11.8 Å². The van der Waals surface area contributed by atoms with Crippen molar-refractivity contribution in [2.45, 2.75) is 47.1 Å². The molecule has 0 fully saturated rings. The van der Waals surface area contributed by atoms with Gasteiger partial charge < -0.3 is 15.2 Å². The van der Waals surface area contributed by atoms with Gasteiger partial charge in [-0.15, -0.1) is 0 Å². The second-order valence-electron chi connectivity index (χ2n) is 7.46. The van der Waals surface area contributed by atoms with Crippen LogP contribution in [0.2, 0.25) is 0 Å². The van der Waals surface area contributed by atoms with E-state index < -0.39 is 11.5 Å². The molecule has 27 heavy (non-hydrogen) atoms. The van der Waals surface area contributed by atoms with Gasteiger partial charge in [-0.25, -0.2) is 4.98 Å². The van der Waals surface area contributed by atoms with Crippen molar-refractivity contribution >= 4 is 27.5 Å². The van der Waals surface area contributed by atoms with E-state index >= 15 is 0 Å². The number of carbonyl (C=O) groups excluding carboxylic acids is 1. The molecule has 0 saturated heterocycles. The standard InChI is InChI=1S/C21H27BrN2O3/c1-7-13-12(2)23-19(27-6)17(24-20(26)21(3,4)5)16(13)18(25)14-10-8-9-11-15(14)22/h8-11,18,25H,7H2,1-6H3,(H,24,26). The second-order valence-corrected chi connectivity index (χ2v) is 8.31. The number of aryl methyl sites for hydroxylation is 1. The van der Waals surface area contributed by atoms with Gasteiger partial charge in [-0.05, 0) is 30.5 Å². The van der Waals surface area contributed by atoms with Gasteiger partial charge in [-0.3, -0.25) is 4.79 Å². The average Bonchev–Trinajstić information content (AvgIpc) is 2.61. The molecule has 1 heterocycles. The number of methoxy groups -OCH3 is 1. The predicted molar refractivity (Wildman–Crippen MR) is 111 cm³/mol. The van der Waals surface area contributed by atoms with Crippen molar-refractivity contribution in [2.24, 2.45) is 5.41 Å². The number of pyridine rings is 1. The van der Waals surface area contributed by atoms with E-state index in [1.165, 1.54) is 7.11 Å². The Morgan fingerprint density at radius 3 is 2.48 bits per heavy atom. The lowest BCUT2D eigenvalue weighted by molar-refractivity contribution is -0.123. The molecule has 5 nitrogen and oxygen atoms in total. The number of nitrogens with zero attached hydrogens (tertiary/aromatic N) is 1. The van der Waals surface area contributed by atoms with Crippen LogP contribution in [0.25, 0.3) is 0 Å². The number of aliphatic hydroxyl groups is 1. The molecule has 0 bridgehead atoms. The topological polar surface area (TPSA) is 71.5 Å². The summed E-state index contributed by atoms with van der Waals surface area (Å²) in [4.78, 5) is 17.2. The number of hydrogen-bond donors (Lipinski definition) is 2. The van der Waals surface area contributed by atoms with Crippen molar-refractivity contribution < 1.29 is 14.6 Å². The highest BCUT2D eigenvalue weighted by molar-refractivity contribution is 9.10. The number of hydrogen-bond acceptors (Lipinski definition) is 4. The van der Waals surface area contributed by atoms with Crippen LogP contribution in [0, 0.1) is 12.3 Å². The van der Waals surface area contributed by atoms with Crippen LogP contribution >= 0.6 is 15.9 Å². The molecule has 2 rings (SSSR count). The minimum atomic E-state index is -0.943. The van der Waals surface area contributed by atoms with Crippen LogP contribution in [0.1, 0.15) is 56.2 Å². The number of aliphatic hydroxyl groups excluding tert-OH is 1. The highest BCUT2D eigenvalue weighted by Gasteiger charge is 2.29. The normalized spacial score (nSPS) is 12.6. The van der Waals surface area contributed by atoms with E-state index in [0.717, 1.165) is 15.7 Å². The molecule has 6 heteroatoms. The van der Waals surface area contributed by atoms with E-state index in [-0.39, 0.29) is 5.91 Å². The van der Waals surface area contributed by atoms with Gasteiger partial charge in [-0.1, -0.05) is 61.8 Å². The lowest BCUT2D eigenvalue weighted by Crippen LogP contribution is -2.29. The zero-order chi connectivity index (χ0) is 20.4. The van der Waals surface area contributed by atoms with E-state index in [1.807, 2.05) is 58.9 Å². The molecule has 0 spiro atoms. The molecule has 146 valence electrons. The number of nitrogens with one attached hydrogen (secondary N) is 1. The van der Waals surface area contributed by atoms with Gasteiger partial charge in [0.25, 0.3) is 0 Å². The van der Waals surface area contributed by atoms with Crippen molar-refractivity contribution in [3.05, 3.63) is 51.1 Å². The minimum absolute atomic E-state index is 0.172. The first-order chi connectivity index (χ1) is 12.6. The molecule has 0 radical (unpaired) electrons. The molecule has 1 amide bonds. The van der Waals surface area contributed by atoms with Crippen molar-refractivity contribution in [1.29, 1.82) is 0 Å². The van der Waals surface area contributed by atoms with Gasteiger partial charge in [0.15, 0.2) is 0 Å². The van der Waals surface area contributed by atoms with Crippen molar-refractivity contribution in [3.8, 4) is 5.88 Å². The second kappa shape index (κ2) is 8.40. The minimum Gasteiger partial charge on any atom is -0.479 e. The molecule has 1 atom stereocenters. The quantitative estimate of drug-likeness (QED) is 0.709. The molecule has 1 aromatic heterocycles. The summed E-state index contributed by atoms with van der Waals surface area (Å²) >= 11 is 3.51. The Hall–Kier alpha value is -1.92. The van der Waals surface area contributed by atoms with Gasteiger partial charge in [0.05, 0.1) is 7.11 Å². The van der Waals surface area contributed by atoms with E-state index in [4.69, 9.17) is 4.74 Å². The Labute approximate surface area is 169 Å². The molecule has 0 aliphatic carbocycles. The SMILES string of the molecule is CCc1c(C)nc(OC)c(NC(=O)C(C)(C)C)c1C(O)c1ccccc1Br. The number of ether oxygens (including phenoxy) is 1. The summed E-state index contributed by atoms with van der Waals surface area (Å²) in [6, 6.07) is 7.49. The summed E-state index contributed by atoms with van der Waals surface area (Å²) in [6.07, 6.45) is -0.278. The Balaban J connectivity index is 2.74. The number of rotatable bonds is 5. The van der Waals surface area contributed by atoms with Crippen LogP contribution in [-0.4, -0.2) is 23.1 Å². The number of carbonyl (C=O) groups is 1. The lowest BCUT2D eigenvalue weighted by Gasteiger charge is -2.26. The van der Waals surface area contributed by atoms with Crippen molar-refractivity contribution in [1.82, 2.24) is 4.98 Å². The summed E-state index contributed by atoms with van der Waals surface area (Å²) in [5, 5.41) is 14.2. The van der Waals surface area contributed by atoms with Gasteiger partial charge in [0, 0.05) is 21.1 Å². The summed E-state index contributed by atoms with van der Waals surface area (Å²) in [5.41, 5.74) is 2.81. The average molecular weight is 435 g/mol. The number of amides is 1. The molecule has 2 aromatic rings. The summed E-state index contributed by atoms with van der Waals surface area (Å²) in [5.74, 6) is 0.123. The maximum absolute atomic E-state index is 12.7. The smallest absolute Gasteiger partial charge is 0.238 e. The maximum Gasteiger partial charge on any atom is 0.238 e. The van der Waals surface area contributed by atoms with Crippen molar-refractivity contribution in [2.75, 3.05) is 12.4 Å². The first kappa shape index (κ1) is 21.4. The van der Waals surface area contributed by atoms with Crippen LogP contribution in [0.5, 0.6) is 5.88 Å². The Morgan fingerprint density at radius 2 is 1.96 bits per heavy atom. The van der Waals surface area contributed by atoms with Gasteiger partial charge in [0.2, 0.25) is 11.8 Å². The highest BCUT2D eigenvalue weighted by Crippen LogP contribution is 2.40. The molecule has 1 aromatic carbocycles. The zero-order valence-corrected chi connectivity index (χ0v) is 18.3. The Morgan fingerprint density at radius 1 is 1.33 bits per heavy atom. The fraction of sp³-hybridized carbons (Fsp3) is 0.429. The molecule has 0 aliphatic heterocycles. The Kier molecular flexibility index (Phi) is 6.65. The van der Waals surface area contributed by atoms with Gasteiger partial charge >= 0.3 is 0 Å². The number of anilines is 1. The largest absolute Gasteiger partial charge is 0.479 e. The van der Waals surface area contributed by atoms with Crippen LogP contribution in [0.4, 0.5) is 5.69 Å². The van der Waals surface area contributed by atoms with Crippen LogP contribution in [0.15, 0.2) is 28.7 Å². The van der Waals surface area contributed by atoms with Crippen LogP contribution in [0.3, 0.4) is 0 Å². The Bertz CT molecular complexity index is 844. The predicted octanol–water partition coefficient (Wildman–Crippen LogP) is 4.79. The third-order valence-corrected chi connectivity index (χ3v) is 5.18. The van der Waals surface area contributed by atoms with E-state index in [2.05, 4.69) is 26.2 Å². The van der Waals surface area contributed by atoms with Crippen molar-refractivity contribution in [3.63, 3.8) is 0 Å². The monoisotopic (exact) mass is 434 g/mol. The first-order valence-electron chi connectivity index (χ1n) is 8.93. The third kappa shape index (κ3) is 4.50. The molecule has 2 N–H and O–H groups in total. The maximum atomic E-state index is 12.7. The lowest BCUT2D eigenvalue weighted by atomic mass is 9.91. The fourth-order valence-electron chi connectivity index (χ4n) is 2.91. The molecule has 0 aliphatic rings. The first-order valence-corrected chi connectivity index (χ1v) is 9.72. The van der Waals surface area contributed by atoms with Crippen LogP contribution < -0.4 is 10.1 Å². The number of halogens is 1. The fourth-order valence-corrected chi connectivity index (χ4v) is 3.41. The third-order valence-electron chi connectivity index (χ3n) is 4.45. The molecule has 0 saturated carbocycles. The number of aromatic nitrogens is 1. The summed E-state index contributed by atoms with van der Waals surface area (Å²) < 4.78 is 6.24. The van der Waals surface area contributed by atoms with E-state index in [9.17, 15) is 9.90 Å². The van der Waals surface area contributed by atoms with Crippen LogP contribution in [-0.2, 0) is 11.2 Å². The zero-order valence-electron chi connectivity index (χ0n) is 16.7. The van der Waals surface area contributed by atoms with Gasteiger partial charge in [-0.2, -0.15) is 0 Å². The highest BCUT2D eigenvalue weighted by atomic mass is 79.9. The molecular formula is C21H27BrN2O3. The summed E-state index contributed by atoms with van der Waals surface area (Å²) in [6.45, 7) is 9.39. The van der Waals surface area contributed by atoms with E-state index in [0.29, 0.717) is 29.1 Å².